The van der Waals surface area contributed by atoms with Gasteiger partial charge in [-0.1, -0.05) is 6.08 Å². The molecule has 4 nitrogen and oxygen atoms in total. The molecule has 1 amide bonds. The molecule has 4 heteroatoms. The maximum absolute atomic E-state index is 10.8. The highest BCUT2D eigenvalue weighted by Gasteiger charge is 2.23. The van der Waals surface area contributed by atoms with Crippen molar-refractivity contribution in [1.82, 2.24) is 10.2 Å². The van der Waals surface area contributed by atoms with Crippen molar-refractivity contribution in [3.8, 4) is 0 Å². The summed E-state index contributed by atoms with van der Waals surface area (Å²) in [5.41, 5.74) is 0. The summed E-state index contributed by atoms with van der Waals surface area (Å²) >= 11 is 0. The normalized spacial score (nSPS) is 17.4. The molecule has 1 fully saturated rings. The van der Waals surface area contributed by atoms with E-state index in [4.69, 9.17) is 5.41 Å². The maximum atomic E-state index is 10.8. The Morgan fingerprint density at radius 2 is 2.60 bits per heavy atom. The van der Waals surface area contributed by atoms with Gasteiger partial charge in [-0.15, -0.1) is 6.58 Å². The van der Waals surface area contributed by atoms with Crippen molar-refractivity contribution in [3.63, 3.8) is 0 Å². The second-order valence-corrected chi connectivity index (χ2v) is 2.00. The minimum atomic E-state index is -0.0649. The van der Waals surface area contributed by atoms with Crippen molar-refractivity contribution >= 4 is 11.9 Å². The molecule has 0 atom stereocenters. The van der Waals surface area contributed by atoms with Gasteiger partial charge in [0.15, 0.2) is 5.96 Å². The number of carbonyl (C=O) groups excluding carboxylic acids is 1. The van der Waals surface area contributed by atoms with E-state index >= 15 is 0 Å². The average Bonchev–Trinajstić information content (AvgIpc) is 2.20. The molecule has 0 bridgehead atoms. The number of hydrogen-bond donors (Lipinski definition) is 2. The molecule has 2 N–H and O–H groups in total. The van der Waals surface area contributed by atoms with Gasteiger partial charge in [-0.25, -0.2) is 0 Å². The quantitative estimate of drug-likeness (QED) is 0.508. The van der Waals surface area contributed by atoms with Crippen LogP contribution >= 0.6 is 0 Å². The van der Waals surface area contributed by atoms with E-state index in [2.05, 4.69) is 11.9 Å². The summed E-state index contributed by atoms with van der Waals surface area (Å²) in [6.45, 7) is 4.14. The van der Waals surface area contributed by atoms with E-state index < -0.39 is 0 Å². The number of carbonyl (C=O) groups is 1. The van der Waals surface area contributed by atoms with E-state index in [1.54, 1.807) is 6.08 Å². The van der Waals surface area contributed by atoms with Crippen LogP contribution < -0.4 is 5.32 Å². The van der Waals surface area contributed by atoms with Crippen LogP contribution in [0.2, 0.25) is 0 Å². The molecule has 0 unspecified atom stereocenters. The van der Waals surface area contributed by atoms with E-state index in [9.17, 15) is 4.79 Å². The molecule has 1 aliphatic heterocycles. The Bertz CT molecular complexity index is 171. The van der Waals surface area contributed by atoms with Gasteiger partial charge in [0.25, 0.3) is 0 Å². The molecule has 0 aromatic rings. The number of guanidine groups is 1. The molecule has 0 aromatic heterocycles. The standard InChI is InChI=1S/C6H9N3O/c1-2-3-9-5(10)4-8-6(9)7/h2H,1,3-4H2,(H2,7,8). The number of rotatable bonds is 2. The SMILES string of the molecule is C=CCN1C(=N)NCC1=O. The third-order valence-electron chi connectivity index (χ3n) is 1.29. The number of nitrogens with zero attached hydrogens (tertiary/aromatic N) is 1. The van der Waals surface area contributed by atoms with Crippen molar-refractivity contribution < 1.29 is 4.79 Å². The van der Waals surface area contributed by atoms with Crippen molar-refractivity contribution in [1.29, 1.82) is 5.41 Å². The summed E-state index contributed by atoms with van der Waals surface area (Å²) in [5.74, 6) is 0.106. The first-order valence-electron chi connectivity index (χ1n) is 2.99. The number of amides is 1. The fourth-order valence-corrected chi connectivity index (χ4v) is 0.797. The van der Waals surface area contributed by atoms with E-state index in [0.717, 1.165) is 0 Å². The van der Waals surface area contributed by atoms with Crippen molar-refractivity contribution in [3.05, 3.63) is 12.7 Å². The van der Waals surface area contributed by atoms with Crippen LogP contribution in [0.4, 0.5) is 0 Å². The highest BCUT2D eigenvalue weighted by Crippen LogP contribution is 1.95. The van der Waals surface area contributed by atoms with Crippen LogP contribution in [0, 0.1) is 5.41 Å². The predicted molar refractivity (Wildman–Crippen MR) is 37.6 cm³/mol. The Hall–Kier alpha value is -1.32. The van der Waals surface area contributed by atoms with Crippen LogP contribution in [0.15, 0.2) is 12.7 Å². The molecule has 0 aromatic carbocycles. The first-order chi connectivity index (χ1) is 4.75. The fraction of sp³-hybridized carbons (Fsp3) is 0.333. The number of hydrogen-bond acceptors (Lipinski definition) is 2. The molecular formula is C6H9N3O. The summed E-state index contributed by atoms with van der Waals surface area (Å²) < 4.78 is 0. The van der Waals surface area contributed by atoms with Gasteiger partial charge in [0.2, 0.25) is 5.91 Å². The average molecular weight is 139 g/mol. The Labute approximate surface area is 59.0 Å². The fourth-order valence-electron chi connectivity index (χ4n) is 0.797. The van der Waals surface area contributed by atoms with Crippen LogP contribution in [0.3, 0.4) is 0 Å². The molecule has 0 aliphatic carbocycles. The van der Waals surface area contributed by atoms with E-state index in [0.29, 0.717) is 6.54 Å². The molecular weight excluding hydrogens is 130 g/mol. The summed E-state index contributed by atoms with van der Waals surface area (Å²) in [5, 5.41) is 9.80. The topological polar surface area (TPSA) is 56.2 Å². The van der Waals surface area contributed by atoms with Crippen LogP contribution in [0.25, 0.3) is 0 Å². The second kappa shape index (κ2) is 2.51. The van der Waals surface area contributed by atoms with Crippen LogP contribution in [0.1, 0.15) is 0 Å². The van der Waals surface area contributed by atoms with Crippen molar-refractivity contribution in [2.75, 3.05) is 13.1 Å². The van der Waals surface area contributed by atoms with Crippen LogP contribution in [-0.4, -0.2) is 29.9 Å². The molecule has 1 heterocycles. The van der Waals surface area contributed by atoms with Gasteiger partial charge in [-0.3, -0.25) is 15.1 Å². The number of nitrogens with one attached hydrogen (secondary N) is 2. The predicted octanol–water partition coefficient (Wildman–Crippen LogP) is -0.461. The first-order valence-corrected chi connectivity index (χ1v) is 2.99. The zero-order valence-corrected chi connectivity index (χ0v) is 5.55. The summed E-state index contributed by atoms with van der Waals surface area (Å²) in [7, 11) is 0. The van der Waals surface area contributed by atoms with E-state index in [1.165, 1.54) is 4.90 Å². The van der Waals surface area contributed by atoms with E-state index in [1.807, 2.05) is 0 Å². The molecule has 0 saturated carbocycles. The minimum absolute atomic E-state index is 0.0649. The van der Waals surface area contributed by atoms with Gasteiger partial charge >= 0.3 is 0 Å². The van der Waals surface area contributed by atoms with Gasteiger partial charge in [-0.05, 0) is 0 Å². The highest BCUT2D eigenvalue weighted by atomic mass is 16.2. The lowest BCUT2D eigenvalue weighted by Gasteiger charge is -2.09. The zero-order chi connectivity index (χ0) is 7.56. The molecule has 0 radical (unpaired) electrons. The smallest absolute Gasteiger partial charge is 0.248 e. The summed E-state index contributed by atoms with van der Waals surface area (Å²) in [6.07, 6.45) is 1.60. The highest BCUT2D eigenvalue weighted by molar-refractivity contribution is 6.03. The summed E-state index contributed by atoms with van der Waals surface area (Å²) in [4.78, 5) is 12.2. The van der Waals surface area contributed by atoms with Gasteiger partial charge in [0, 0.05) is 6.54 Å². The Morgan fingerprint density at radius 1 is 1.90 bits per heavy atom. The third-order valence-corrected chi connectivity index (χ3v) is 1.29. The summed E-state index contributed by atoms with van der Waals surface area (Å²) in [6, 6.07) is 0. The molecule has 54 valence electrons. The lowest BCUT2D eigenvalue weighted by Crippen LogP contribution is -2.31. The van der Waals surface area contributed by atoms with Gasteiger partial charge in [-0.2, -0.15) is 0 Å². The molecule has 1 saturated heterocycles. The second-order valence-electron chi connectivity index (χ2n) is 2.00. The molecule has 10 heavy (non-hydrogen) atoms. The lowest BCUT2D eigenvalue weighted by molar-refractivity contribution is -0.124. The Kier molecular flexibility index (Phi) is 1.71. The van der Waals surface area contributed by atoms with Crippen LogP contribution in [0.5, 0.6) is 0 Å². The monoisotopic (exact) mass is 139 g/mol. The van der Waals surface area contributed by atoms with Gasteiger partial charge in [0.1, 0.15) is 0 Å². The molecule has 0 spiro atoms. The van der Waals surface area contributed by atoms with Gasteiger partial charge in [0.05, 0.1) is 6.54 Å². The van der Waals surface area contributed by atoms with Gasteiger partial charge < -0.3 is 5.32 Å². The largest absolute Gasteiger partial charge is 0.347 e. The van der Waals surface area contributed by atoms with Crippen molar-refractivity contribution in [2.24, 2.45) is 0 Å². The third kappa shape index (κ3) is 1.00. The molecule has 1 aliphatic rings. The Balaban J connectivity index is 2.62. The lowest BCUT2D eigenvalue weighted by atomic mass is 10.5. The van der Waals surface area contributed by atoms with Crippen molar-refractivity contribution in [2.45, 2.75) is 0 Å². The Morgan fingerprint density at radius 3 is 3.00 bits per heavy atom. The maximum Gasteiger partial charge on any atom is 0.248 e. The minimum Gasteiger partial charge on any atom is -0.347 e. The molecule has 1 rings (SSSR count). The zero-order valence-electron chi connectivity index (χ0n) is 5.55. The van der Waals surface area contributed by atoms with Crippen LogP contribution in [-0.2, 0) is 4.79 Å². The first kappa shape index (κ1) is 6.80. The van der Waals surface area contributed by atoms with E-state index in [-0.39, 0.29) is 18.4 Å².